The second-order valence-corrected chi connectivity index (χ2v) is 7.55. The first-order valence-corrected chi connectivity index (χ1v) is 9.98. The third-order valence-electron chi connectivity index (χ3n) is 5.76. The van der Waals surface area contributed by atoms with Crippen molar-refractivity contribution < 1.29 is 4.79 Å². The molecule has 0 N–H and O–H groups in total. The molecule has 0 bridgehead atoms. The maximum absolute atomic E-state index is 13.2. The molecule has 0 radical (unpaired) electrons. The maximum Gasteiger partial charge on any atom is 0.263 e. The van der Waals surface area contributed by atoms with Gasteiger partial charge in [0, 0.05) is 24.5 Å². The van der Waals surface area contributed by atoms with Gasteiger partial charge < -0.3 is 4.90 Å². The summed E-state index contributed by atoms with van der Waals surface area (Å²) in [4.78, 5) is 32.3. The highest BCUT2D eigenvalue weighted by atomic mass is 16.2. The Labute approximate surface area is 164 Å². The van der Waals surface area contributed by atoms with E-state index >= 15 is 0 Å². The highest BCUT2D eigenvalue weighted by Gasteiger charge is 2.20. The molecule has 6 nitrogen and oxygen atoms in total. The molecule has 0 saturated carbocycles. The number of amides is 1. The van der Waals surface area contributed by atoms with E-state index in [1.54, 1.807) is 0 Å². The van der Waals surface area contributed by atoms with Gasteiger partial charge in [0.05, 0.1) is 5.39 Å². The maximum atomic E-state index is 13.2. The summed E-state index contributed by atoms with van der Waals surface area (Å²) >= 11 is 0. The third kappa shape index (κ3) is 3.23. The summed E-state index contributed by atoms with van der Waals surface area (Å²) in [5, 5.41) is 0.590. The fourth-order valence-electron chi connectivity index (χ4n) is 4.06. The van der Waals surface area contributed by atoms with Crippen LogP contribution in [0.15, 0.2) is 41.5 Å². The largest absolute Gasteiger partial charge is 0.341 e. The molecule has 3 heterocycles. The molecule has 1 aliphatic rings. The van der Waals surface area contributed by atoms with E-state index in [2.05, 4.69) is 4.98 Å². The lowest BCUT2D eigenvalue weighted by Gasteiger charge is -2.20. The molecule has 0 unspecified atom stereocenters. The van der Waals surface area contributed by atoms with Crippen molar-refractivity contribution in [3.63, 3.8) is 0 Å². The van der Waals surface area contributed by atoms with Crippen molar-refractivity contribution in [2.24, 2.45) is 0 Å². The molecule has 1 fully saturated rings. The molecular formula is C22H26N4O2. The number of rotatable bonds is 3. The summed E-state index contributed by atoms with van der Waals surface area (Å²) in [5.74, 6) is 0.00187. The van der Waals surface area contributed by atoms with Gasteiger partial charge in [-0.15, -0.1) is 0 Å². The lowest BCUT2D eigenvalue weighted by molar-refractivity contribution is -0.131. The Morgan fingerprint density at radius 3 is 2.39 bits per heavy atom. The van der Waals surface area contributed by atoms with Crippen LogP contribution in [0.1, 0.15) is 36.9 Å². The van der Waals surface area contributed by atoms with Crippen molar-refractivity contribution in [1.82, 2.24) is 19.0 Å². The second kappa shape index (κ2) is 7.62. The number of likely N-dealkylation sites (tertiary alicyclic amines) is 1. The normalized spacial score (nSPS) is 15.0. The molecule has 28 heavy (non-hydrogen) atoms. The van der Waals surface area contributed by atoms with Crippen molar-refractivity contribution in [2.75, 3.05) is 13.1 Å². The lowest BCUT2D eigenvalue weighted by atomic mass is 10.2. The van der Waals surface area contributed by atoms with Gasteiger partial charge in [-0.05, 0) is 44.4 Å². The van der Waals surface area contributed by atoms with Crippen LogP contribution in [0.5, 0.6) is 0 Å². The Morgan fingerprint density at radius 2 is 1.71 bits per heavy atom. The molecule has 3 aromatic rings. The van der Waals surface area contributed by atoms with E-state index in [0.29, 0.717) is 11.0 Å². The standard InChI is InChI=1S/C22H26N4O2/c1-16-17(2)26(18-10-6-5-7-11-18)21-20(16)22(28)25(15-23-21)14-19(27)24-12-8-3-4-9-13-24/h5-7,10-11,15H,3-4,8-9,12-14H2,1-2H3. The second-order valence-electron chi connectivity index (χ2n) is 7.55. The zero-order valence-corrected chi connectivity index (χ0v) is 16.5. The zero-order chi connectivity index (χ0) is 19.7. The fourth-order valence-corrected chi connectivity index (χ4v) is 4.06. The van der Waals surface area contributed by atoms with E-state index < -0.39 is 0 Å². The number of hydrogen-bond acceptors (Lipinski definition) is 3. The summed E-state index contributed by atoms with van der Waals surface area (Å²) < 4.78 is 3.46. The van der Waals surface area contributed by atoms with Crippen LogP contribution in [0.25, 0.3) is 16.7 Å². The SMILES string of the molecule is Cc1c(C)n(-c2ccccc2)c2ncn(CC(=O)N3CCCCCC3)c(=O)c12. The van der Waals surface area contributed by atoms with Crippen LogP contribution in [-0.4, -0.2) is 38.0 Å². The van der Waals surface area contributed by atoms with Crippen molar-refractivity contribution >= 4 is 16.9 Å². The minimum absolute atomic E-state index is 0.00187. The number of aryl methyl sites for hydroxylation is 1. The van der Waals surface area contributed by atoms with Crippen LogP contribution in [0, 0.1) is 13.8 Å². The van der Waals surface area contributed by atoms with Gasteiger partial charge in [0.25, 0.3) is 5.56 Å². The average Bonchev–Trinajstić information content (AvgIpc) is 2.88. The number of aromatic nitrogens is 3. The summed E-state index contributed by atoms with van der Waals surface area (Å²) in [6.07, 6.45) is 5.93. The van der Waals surface area contributed by atoms with Crippen molar-refractivity contribution in [3.05, 3.63) is 58.3 Å². The minimum Gasteiger partial charge on any atom is -0.341 e. The molecular weight excluding hydrogens is 352 g/mol. The lowest BCUT2D eigenvalue weighted by Crippen LogP contribution is -2.37. The first kappa shape index (κ1) is 18.5. The number of benzene rings is 1. The smallest absolute Gasteiger partial charge is 0.263 e. The molecule has 1 aromatic carbocycles. The fraction of sp³-hybridized carbons (Fsp3) is 0.409. The van der Waals surface area contributed by atoms with Crippen LogP contribution >= 0.6 is 0 Å². The number of hydrogen-bond donors (Lipinski definition) is 0. The first-order valence-electron chi connectivity index (χ1n) is 9.98. The highest BCUT2D eigenvalue weighted by Crippen LogP contribution is 2.24. The molecule has 0 spiro atoms. The molecule has 6 heteroatoms. The van der Waals surface area contributed by atoms with Crippen LogP contribution < -0.4 is 5.56 Å². The molecule has 1 saturated heterocycles. The minimum atomic E-state index is -0.150. The summed E-state index contributed by atoms with van der Waals surface area (Å²) in [7, 11) is 0. The van der Waals surface area contributed by atoms with Gasteiger partial charge in [-0.3, -0.25) is 18.7 Å². The monoisotopic (exact) mass is 378 g/mol. The average molecular weight is 378 g/mol. The molecule has 4 rings (SSSR count). The Balaban J connectivity index is 1.73. The summed E-state index contributed by atoms with van der Waals surface area (Å²) in [6, 6.07) is 9.91. The van der Waals surface area contributed by atoms with E-state index in [-0.39, 0.29) is 18.0 Å². The van der Waals surface area contributed by atoms with E-state index in [1.165, 1.54) is 23.7 Å². The van der Waals surface area contributed by atoms with Crippen LogP contribution in [-0.2, 0) is 11.3 Å². The van der Waals surface area contributed by atoms with E-state index in [4.69, 9.17) is 0 Å². The van der Waals surface area contributed by atoms with Gasteiger partial charge in [-0.2, -0.15) is 0 Å². The number of carbonyl (C=O) groups is 1. The number of para-hydroxylation sites is 1. The first-order chi connectivity index (χ1) is 13.6. The van der Waals surface area contributed by atoms with Gasteiger partial charge in [0.1, 0.15) is 12.9 Å². The van der Waals surface area contributed by atoms with Crippen molar-refractivity contribution in [3.8, 4) is 5.69 Å². The van der Waals surface area contributed by atoms with E-state index in [9.17, 15) is 9.59 Å². The predicted molar refractivity (Wildman–Crippen MR) is 110 cm³/mol. The molecule has 146 valence electrons. The van der Waals surface area contributed by atoms with Gasteiger partial charge in [-0.1, -0.05) is 31.0 Å². The molecule has 1 aliphatic heterocycles. The molecule has 2 aromatic heterocycles. The summed E-state index contributed by atoms with van der Waals surface area (Å²) in [5.41, 5.74) is 3.37. The Bertz CT molecular complexity index is 1060. The molecule has 1 amide bonds. The quantitative estimate of drug-likeness (QED) is 0.703. The van der Waals surface area contributed by atoms with Crippen LogP contribution in [0.4, 0.5) is 0 Å². The number of nitrogens with zero attached hydrogens (tertiary/aromatic N) is 4. The third-order valence-corrected chi connectivity index (χ3v) is 5.76. The zero-order valence-electron chi connectivity index (χ0n) is 16.5. The molecule has 0 aliphatic carbocycles. The van der Waals surface area contributed by atoms with E-state index in [1.807, 2.05) is 53.6 Å². The van der Waals surface area contributed by atoms with Crippen LogP contribution in [0.3, 0.4) is 0 Å². The Kier molecular flexibility index (Phi) is 5.03. The van der Waals surface area contributed by atoms with Gasteiger partial charge >= 0.3 is 0 Å². The Hall–Kier alpha value is -2.89. The topological polar surface area (TPSA) is 60.1 Å². The molecule has 0 atom stereocenters. The number of fused-ring (bicyclic) bond motifs is 1. The summed E-state index contributed by atoms with van der Waals surface area (Å²) in [6.45, 7) is 5.56. The van der Waals surface area contributed by atoms with Gasteiger partial charge in [-0.25, -0.2) is 4.98 Å². The predicted octanol–water partition coefficient (Wildman–Crippen LogP) is 3.21. The van der Waals surface area contributed by atoms with Crippen molar-refractivity contribution in [1.29, 1.82) is 0 Å². The van der Waals surface area contributed by atoms with Crippen LogP contribution in [0.2, 0.25) is 0 Å². The van der Waals surface area contributed by atoms with Gasteiger partial charge in [0.2, 0.25) is 5.91 Å². The van der Waals surface area contributed by atoms with E-state index in [0.717, 1.165) is 42.9 Å². The highest BCUT2D eigenvalue weighted by molar-refractivity contribution is 5.83. The Morgan fingerprint density at radius 1 is 1.04 bits per heavy atom. The van der Waals surface area contributed by atoms with Gasteiger partial charge in [0.15, 0.2) is 5.65 Å². The van der Waals surface area contributed by atoms with Crippen molar-refractivity contribution in [2.45, 2.75) is 46.1 Å². The number of carbonyl (C=O) groups excluding carboxylic acids is 1.